The van der Waals surface area contributed by atoms with Crippen molar-refractivity contribution in [1.82, 2.24) is 0 Å². The molecule has 0 aromatic carbocycles. The molecule has 0 aliphatic rings. The van der Waals surface area contributed by atoms with Crippen molar-refractivity contribution in [1.29, 1.82) is 0 Å². The molecule has 6 heteroatoms. The standard InChI is InChI=1S/C25H50NO4P/c1-2-3-4-5-6-7-8-9-10-11-12-13-14-15-16-17-18-19-20-21-22-25(28,31(29)30)24(27)23-26/h9-10,24,27-28H,2-8,11-23,26H2,1H3. The van der Waals surface area contributed by atoms with Crippen LogP contribution in [0.15, 0.2) is 12.2 Å². The summed E-state index contributed by atoms with van der Waals surface area (Å²) < 4.78 is 11.2. The van der Waals surface area contributed by atoms with Gasteiger partial charge in [0.15, 0.2) is 0 Å². The van der Waals surface area contributed by atoms with Crippen LogP contribution in [0.3, 0.4) is 0 Å². The van der Waals surface area contributed by atoms with E-state index < -0.39 is 19.5 Å². The predicted molar refractivity (Wildman–Crippen MR) is 130 cm³/mol. The van der Waals surface area contributed by atoms with Crippen molar-refractivity contribution in [2.45, 2.75) is 140 Å². The highest BCUT2D eigenvalue weighted by atomic mass is 31.1. The highest BCUT2D eigenvalue weighted by Gasteiger charge is 2.47. The minimum absolute atomic E-state index is 0.0531. The van der Waals surface area contributed by atoms with Crippen LogP contribution in [0, 0.1) is 0 Å². The van der Waals surface area contributed by atoms with Crippen molar-refractivity contribution in [2.24, 2.45) is 5.73 Å². The smallest absolute Gasteiger partial charge is 0.347 e. The summed E-state index contributed by atoms with van der Waals surface area (Å²) in [6.45, 7) is 2.01. The third-order valence-corrected chi connectivity index (χ3v) is 7.28. The lowest BCUT2D eigenvalue weighted by Gasteiger charge is -2.23. The minimum Gasteiger partial charge on any atom is -0.593 e. The first-order chi connectivity index (χ1) is 15.0. The van der Waals surface area contributed by atoms with Gasteiger partial charge in [0.1, 0.15) is 6.10 Å². The van der Waals surface area contributed by atoms with E-state index in [1.165, 1.54) is 89.9 Å². The Morgan fingerprint density at radius 2 is 1.19 bits per heavy atom. The number of allylic oxidation sites excluding steroid dienone is 2. The third-order valence-electron chi connectivity index (χ3n) is 6.13. The molecule has 0 bridgehead atoms. The molecule has 184 valence electrons. The summed E-state index contributed by atoms with van der Waals surface area (Å²) in [7, 11) is -3.12. The molecule has 0 radical (unpaired) electrons. The summed E-state index contributed by atoms with van der Waals surface area (Å²) >= 11 is 0. The van der Waals surface area contributed by atoms with E-state index in [1.54, 1.807) is 0 Å². The van der Waals surface area contributed by atoms with Crippen LogP contribution in [-0.2, 0) is 4.57 Å². The molecular formula is C25H50NO4P. The largest absolute Gasteiger partial charge is 0.593 e. The number of hydrogen-bond donors (Lipinski definition) is 3. The predicted octanol–water partition coefficient (Wildman–Crippen LogP) is 6.09. The van der Waals surface area contributed by atoms with E-state index in [2.05, 4.69) is 19.1 Å². The van der Waals surface area contributed by atoms with Crippen LogP contribution in [0.5, 0.6) is 0 Å². The van der Waals surface area contributed by atoms with Crippen LogP contribution in [0.1, 0.15) is 129 Å². The zero-order valence-corrected chi connectivity index (χ0v) is 21.0. The first-order valence-corrected chi connectivity index (χ1v) is 14.1. The quantitative estimate of drug-likeness (QED) is 0.0974. The van der Waals surface area contributed by atoms with Crippen LogP contribution < -0.4 is 10.6 Å². The second-order valence-electron chi connectivity index (χ2n) is 8.99. The van der Waals surface area contributed by atoms with Crippen LogP contribution in [0.4, 0.5) is 0 Å². The van der Waals surface area contributed by atoms with Gasteiger partial charge in [0, 0.05) is 13.0 Å². The Labute approximate surface area is 192 Å². The van der Waals surface area contributed by atoms with Crippen molar-refractivity contribution < 1.29 is 19.7 Å². The summed E-state index contributed by atoms with van der Waals surface area (Å²) in [4.78, 5) is 11.2. The van der Waals surface area contributed by atoms with Crippen LogP contribution >= 0.6 is 8.03 Å². The molecule has 0 amide bonds. The lowest BCUT2D eigenvalue weighted by atomic mass is 10.0. The summed E-state index contributed by atoms with van der Waals surface area (Å²) in [6, 6.07) is 0. The van der Waals surface area contributed by atoms with E-state index in [0.717, 1.165) is 19.3 Å². The fourth-order valence-corrected chi connectivity index (χ4v) is 4.60. The second kappa shape index (κ2) is 21.5. The number of aliphatic hydroxyl groups is 2. The molecule has 0 aliphatic carbocycles. The van der Waals surface area contributed by atoms with Gasteiger partial charge in [0.05, 0.1) is 0 Å². The summed E-state index contributed by atoms with van der Waals surface area (Å²) in [5.41, 5.74) is 5.29. The lowest BCUT2D eigenvalue weighted by molar-refractivity contribution is -0.187. The number of nitrogens with two attached hydrogens (primary N) is 1. The molecule has 4 N–H and O–H groups in total. The van der Waals surface area contributed by atoms with Crippen LogP contribution in [0.2, 0.25) is 0 Å². The van der Waals surface area contributed by atoms with Gasteiger partial charge in [-0.15, -0.1) is 0 Å². The van der Waals surface area contributed by atoms with Gasteiger partial charge in [-0.3, -0.25) is 0 Å². The Morgan fingerprint density at radius 3 is 1.58 bits per heavy atom. The number of hydrogen-bond acceptors (Lipinski definition) is 5. The highest BCUT2D eigenvalue weighted by Crippen LogP contribution is 2.37. The maximum absolute atomic E-state index is 11.2. The van der Waals surface area contributed by atoms with Gasteiger partial charge in [-0.2, -0.15) is 0 Å². The molecule has 3 unspecified atom stereocenters. The second-order valence-corrected chi connectivity index (χ2v) is 10.3. The minimum atomic E-state index is -3.12. The molecule has 5 nitrogen and oxygen atoms in total. The molecule has 0 rings (SSSR count). The Bertz CT molecular complexity index is 447. The van der Waals surface area contributed by atoms with Gasteiger partial charge in [-0.05, 0) is 32.1 Å². The number of aliphatic hydroxyl groups excluding tert-OH is 1. The Kier molecular flexibility index (Phi) is 21.3. The zero-order valence-electron chi connectivity index (χ0n) is 20.1. The summed E-state index contributed by atoms with van der Waals surface area (Å²) in [5.74, 6) is 0. The molecule has 31 heavy (non-hydrogen) atoms. The lowest BCUT2D eigenvalue weighted by Crippen LogP contribution is -2.45. The van der Waals surface area contributed by atoms with E-state index in [9.17, 15) is 19.7 Å². The molecule has 3 atom stereocenters. The van der Waals surface area contributed by atoms with Gasteiger partial charge in [-0.25, -0.2) is 0 Å². The van der Waals surface area contributed by atoms with E-state index in [1.807, 2.05) is 0 Å². The van der Waals surface area contributed by atoms with Crippen LogP contribution in [0.25, 0.3) is 0 Å². The van der Waals surface area contributed by atoms with Gasteiger partial charge < -0.3 is 20.8 Å². The van der Waals surface area contributed by atoms with E-state index in [0.29, 0.717) is 6.42 Å². The van der Waals surface area contributed by atoms with Crippen molar-refractivity contribution in [2.75, 3.05) is 6.54 Å². The first-order valence-electron chi connectivity index (χ1n) is 12.9. The van der Waals surface area contributed by atoms with Gasteiger partial charge in [0.2, 0.25) is 0 Å². The van der Waals surface area contributed by atoms with E-state index in [-0.39, 0.29) is 13.0 Å². The number of unbranched alkanes of at least 4 members (excludes halogenated alkanes) is 16. The van der Waals surface area contributed by atoms with Crippen LogP contribution in [-0.4, -0.2) is 28.2 Å². The monoisotopic (exact) mass is 459 g/mol. The zero-order chi connectivity index (χ0) is 23.2. The third kappa shape index (κ3) is 16.9. The Morgan fingerprint density at radius 1 is 0.806 bits per heavy atom. The van der Waals surface area contributed by atoms with E-state index in [4.69, 9.17) is 5.73 Å². The maximum atomic E-state index is 11.2. The first kappa shape index (κ1) is 30.7. The Balaban J connectivity index is 3.40. The molecule has 0 aliphatic heterocycles. The molecule has 0 spiro atoms. The topological polar surface area (TPSA) is 107 Å². The SMILES string of the molecule is CCCCCCCCC=CCCCCCCCCCCCCC(O)(C(O)CN)[P+](=O)[O-]. The maximum Gasteiger partial charge on any atom is 0.347 e. The fourth-order valence-electron chi connectivity index (χ4n) is 3.91. The molecule has 0 fully saturated rings. The Hall–Kier alpha value is -0.320. The summed E-state index contributed by atoms with van der Waals surface area (Å²) in [6.07, 6.45) is 25.4. The van der Waals surface area contributed by atoms with Gasteiger partial charge >= 0.3 is 8.03 Å². The molecule has 0 aromatic rings. The van der Waals surface area contributed by atoms with Crippen molar-refractivity contribution >= 4 is 8.03 Å². The van der Waals surface area contributed by atoms with E-state index >= 15 is 0 Å². The highest BCUT2D eigenvalue weighted by molar-refractivity contribution is 7.38. The normalized spacial score (nSPS) is 15.3. The average molecular weight is 460 g/mol. The van der Waals surface area contributed by atoms with Crippen molar-refractivity contribution in [3.63, 3.8) is 0 Å². The molecule has 0 saturated heterocycles. The molecule has 0 saturated carbocycles. The fraction of sp³-hybridized carbons (Fsp3) is 0.920. The molecule has 0 heterocycles. The average Bonchev–Trinajstić information content (AvgIpc) is 2.76. The van der Waals surface area contributed by atoms with Crippen molar-refractivity contribution in [3.05, 3.63) is 12.2 Å². The van der Waals surface area contributed by atoms with Crippen molar-refractivity contribution in [3.8, 4) is 0 Å². The molecule has 0 aromatic heterocycles. The number of rotatable bonds is 23. The summed E-state index contributed by atoms with van der Waals surface area (Å²) in [5, 5.41) is 17.6. The van der Waals surface area contributed by atoms with Gasteiger partial charge in [-0.1, -0.05) is 107 Å². The van der Waals surface area contributed by atoms with Gasteiger partial charge in [0.25, 0.3) is 5.34 Å². The molecular weight excluding hydrogens is 409 g/mol.